The Morgan fingerprint density at radius 3 is 2.69 bits per heavy atom. The van der Waals surface area contributed by atoms with Crippen LogP contribution in [0, 0.1) is 10.1 Å². The van der Waals surface area contributed by atoms with E-state index in [0.29, 0.717) is 11.3 Å². The average Bonchev–Trinajstić information content (AvgIpc) is 3.16. The number of carbonyl (C=O) groups is 1. The van der Waals surface area contributed by atoms with Gasteiger partial charge in [-0.25, -0.2) is 19.7 Å². The SMILES string of the molecule is CCOC(=O)c1ccc(Nc2ncnc(-n3ccnc3)c2[N+](=O)[O-])cc1. The molecule has 2 heterocycles. The van der Waals surface area contributed by atoms with Crippen molar-refractivity contribution in [3.8, 4) is 5.82 Å². The molecule has 1 N–H and O–H groups in total. The molecule has 0 fully saturated rings. The number of hydrogen-bond acceptors (Lipinski definition) is 8. The molecule has 3 aromatic rings. The second kappa shape index (κ2) is 7.38. The number of nitrogens with zero attached hydrogens (tertiary/aromatic N) is 5. The van der Waals surface area contributed by atoms with Gasteiger partial charge in [0, 0.05) is 18.1 Å². The smallest absolute Gasteiger partial charge is 0.354 e. The number of esters is 1. The highest BCUT2D eigenvalue weighted by Gasteiger charge is 2.24. The zero-order chi connectivity index (χ0) is 18.5. The summed E-state index contributed by atoms with van der Waals surface area (Å²) in [5.41, 5.74) is 0.616. The number of benzene rings is 1. The van der Waals surface area contributed by atoms with Gasteiger partial charge >= 0.3 is 11.7 Å². The number of nitrogens with one attached hydrogen (secondary N) is 1. The van der Waals surface area contributed by atoms with E-state index in [1.54, 1.807) is 37.4 Å². The van der Waals surface area contributed by atoms with Crippen LogP contribution in [0.1, 0.15) is 17.3 Å². The van der Waals surface area contributed by atoms with Gasteiger partial charge in [0.1, 0.15) is 12.7 Å². The molecule has 0 spiro atoms. The predicted molar refractivity (Wildman–Crippen MR) is 91.5 cm³/mol. The van der Waals surface area contributed by atoms with Crippen molar-refractivity contribution in [3.05, 3.63) is 65.0 Å². The van der Waals surface area contributed by atoms with Crippen molar-refractivity contribution in [1.82, 2.24) is 19.5 Å². The van der Waals surface area contributed by atoms with E-state index in [4.69, 9.17) is 4.74 Å². The maximum absolute atomic E-state index is 11.7. The van der Waals surface area contributed by atoms with Crippen LogP contribution in [0.4, 0.5) is 17.2 Å². The molecule has 0 amide bonds. The number of hydrogen-bond donors (Lipinski definition) is 1. The van der Waals surface area contributed by atoms with Gasteiger partial charge in [0.2, 0.25) is 11.6 Å². The summed E-state index contributed by atoms with van der Waals surface area (Å²) in [6, 6.07) is 6.33. The van der Waals surface area contributed by atoms with Gasteiger partial charge in [0.15, 0.2) is 0 Å². The predicted octanol–water partition coefficient (Wildman–Crippen LogP) is 2.49. The molecule has 0 radical (unpaired) electrons. The topological polar surface area (TPSA) is 125 Å². The lowest BCUT2D eigenvalue weighted by molar-refractivity contribution is -0.384. The Hall–Kier alpha value is -3.82. The van der Waals surface area contributed by atoms with Crippen molar-refractivity contribution in [3.63, 3.8) is 0 Å². The van der Waals surface area contributed by atoms with Crippen LogP contribution in [-0.4, -0.2) is 37.0 Å². The van der Waals surface area contributed by atoms with Gasteiger partial charge in [0.25, 0.3) is 0 Å². The van der Waals surface area contributed by atoms with Crippen LogP contribution < -0.4 is 5.32 Å². The Bertz CT molecular complexity index is 924. The molecule has 0 unspecified atom stereocenters. The fourth-order valence-corrected chi connectivity index (χ4v) is 2.24. The van der Waals surface area contributed by atoms with E-state index >= 15 is 0 Å². The van der Waals surface area contributed by atoms with E-state index in [9.17, 15) is 14.9 Å². The van der Waals surface area contributed by atoms with E-state index in [0.717, 1.165) is 0 Å². The molecule has 0 aliphatic heterocycles. The van der Waals surface area contributed by atoms with Crippen LogP contribution in [0.3, 0.4) is 0 Å². The summed E-state index contributed by atoms with van der Waals surface area (Å²) in [5, 5.41) is 14.4. The fourth-order valence-electron chi connectivity index (χ4n) is 2.24. The second-order valence-corrected chi connectivity index (χ2v) is 5.04. The summed E-state index contributed by atoms with van der Waals surface area (Å²) in [7, 11) is 0. The quantitative estimate of drug-likeness (QED) is 0.406. The van der Waals surface area contributed by atoms with Crippen LogP contribution >= 0.6 is 0 Å². The molecule has 10 nitrogen and oxygen atoms in total. The Morgan fingerprint density at radius 2 is 2.08 bits per heavy atom. The summed E-state index contributed by atoms with van der Waals surface area (Å²) in [4.78, 5) is 34.4. The van der Waals surface area contributed by atoms with Crippen molar-refractivity contribution in [2.45, 2.75) is 6.92 Å². The molecule has 0 aliphatic rings. The van der Waals surface area contributed by atoms with Crippen molar-refractivity contribution >= 4 is 23.2 Å². The first-order valence-corrected chi connectivity index (χ1v) is 7.62. The molecule has 0 atom stereocenters. The molecule has 0 bridgehead atoms. The van der Waals surface area contributed by atoms with Gasteiger partial charge in [-0.2, -0.15) is 0 Å². The summed E-state index contributed by atoms with van der Waals surface area (Å²) in [5.74, 6) is -0.319. The minimum Gasteiger partial charge on any atom is -0.462 e. The standard InChI is InChI=1S/C16H14N6O4/c1-2-26-16(23)11-3-5-12(6-4-11)20-14-13(22(24)25)15(19-9-18-14)21-8-7-17-10-21/h3-10H,2H2,1H3,(H,18,19,20). The molecule has 3 rings (SSSR count). The highest BCUT2D eigenvalue weighted by molar-refractivity contribution is 5.90. The van der Waals surface area contributed by atoms with Crippen LogP contribution in [0.25, 0.3) is 5.82 Å². The molecular weight excluding hydrogens is 340 g/mol. The van der Waals surface area contributed by atoms with Crippen molar-refractivity contribution < 1.29 is 14.5 Å². The average molecular weight is 354 g/mol. The summed E-state index contributed by atoms with van der Waals surface area (Å²) in [6.45, 7) is 2.00. The first kappa shape index (κ1) is 17.0. The molecule has 0 saturated heterocycles. The summed E-state index contributed by atoms with van der Waals surface area (Å²) >= 11 is 0. The number of rotatable bonds is 6. The van der Waals surface area contributed by atoms with Crippen molar-refractivity contribution in [2.24, 2.45) is 0 Å². The van der Waals surface area contributed by atoms with Crippen molar-refractivity contribution in [2.75, 3.05) is 11.9 Å². The molecule has 2 aromatic heterocycles. The normalized spacial score (nSPS) is 10.3. The van der Waals surface area contributed by atoms with Gasteiger partial charge in [-0.05, 0) is 31.2 Å². The van der Waals surface area contributed by atoms with Crippen LogP contribution in [-0.2, 0) is 4.74 Å². The van der Waals surface area contributed by atoms with Crippen LogP contribution in [0.15, 0.2) is 49.3 Å². The highest BCUT2D eigenvalue weighted by Crippen LogP contribution is 2.30. The lowest BCUT2D eigenvalue weighted by Gasteiger charge is -2.09. The number of nitro groups is 1. The third-order valence-corrected chi connectivity index (χ3v) is 3.39. The number of ether oxygens (including phenoxy) is 1. The van der Waals surface area contributed by atoms with Gasteiger partial charge in [-0.15, -0.1) is 0 Å². The Labute approximate surface area is 147 Å². The Kier molecular flexibility index (Phi) is 4.83. The lowest BCUT2D eigenvalue weighted by Crippen LogP contribution is -2.07. The number of anilines is 2. The van der Waals surface area contributed by atoms with E-state index in [-0.39, 0.29) is 23.9 Å². The second-order valence-electron chi connectivity index (χ2n) is 5.04. The molecule has 26 heavy (non-hydrogen) atoms. The summed E-state index contributed by atoms with van der Waals surface area (Å²) in [6.07, 6.45) is 5.67. The number of aromatic nitrogens is 4. The maximum atomic E-state index is 11.7. The highest BCUT2D eigenvalue weighted by atomic mass is 16.6. The molecule has 132 valence electrons. The van der Waals surface area contributed by atoms with Gasteiger partial charge in [-0.3, -0.25) is 14.7 Å². The van der Waals surface area contributed by atoms with Gasteiger partial charge in [0.05, 0.1) is 17.1 Å². The molecular formula is C16H14N6O4. The van der Waals surface area contributed by atoms with Crippen LogP contribution in [0.5, 0.6) is 0 Å². The first-order chi connectivity index (χ1) is 12.6. The van der Waals surface area contributed by atoms with E-state index in [1.807, 2.05) is 0 Å². The fraction of sp³-hybridized carbons (Fsp3) is 0.125. The van der Waals surface area contributed by atoms with Gasteiger partial charge < -0.3 is 10.1 Å². The first-order valence-electron chi connectivity index (χ1n) is 7.62. The lowest BCUT2D eigenvalue weighted by atomic mass is 10.2. The number of imidazole rings is 1. The minimum absolute atomic E-state index is 0.0255. The summed E-state index contributed by atoms with van der Waals surface area (Å²) < 4.78 is 6.34. The Balaban J connectivity index is 1.92. The monoisotopic (exact) mass is 354 g/mol. The number of carbonyl (C=O) groups excluding carboxylic acids is 1. The maximum Gasteiger partial charge on any atom is 0.354 e. The van der Waals surface area contributed by atoms with Crippen molar-refractivity contribution in [1.29, 1.82) is 0 Å². The Morgan fingerprint density at radius 1 is 1.31 bits per heavy atom. The van der Waals surface area contributed by atoms with E-state index in [2.05, 4.69) is 20.3 Å². The molecule has 1 aromatic carbocycles. The van der Waals surface area contributed by atoms with E-state index < -0.39 is 10.9 Å². The third kappa shape index (κ3) is 3.48. The molecule has 0 aliphatic carbocycles. The molecule has 0 saturated carbocycles. The molecule has 10 heteroatoms. The largest absolute Gasteiger partial charge is 0.462 e. The zero-order valence-electron chi connectivity index (χ0n) is 13.7. The zero-order valence-corrected chi connectivity index (χ0v) is 13.7. The minimum atomic E-state index is -0.565. The third-order valence-electron chi connectivity index (χ3n) is 3.39. The van der Waals surface area contributed by atoms with Gasteiger partial charge in [-0.1, -0.05) is 0 Å². The van der Waals surface area contributed by atoms with E-state index in [1.165, 1.54) is 23.4 Å². The van der Waals surface area contributed by atoms with Crippen LogP contribution in [0.2, 0.25) is 0 Å².